The highest BCUT2D eigenvalue weighted by atomic mass is 16.5. The first-order chi connectivity index (χ1) is 19.6. The minimum absolute atomic E-state index is 0.147. The second-order valence-electron chi connectivity index (χ2n) is 9.71. The Morgan fingerprint density at radius 3 is 2.62 bits per heavy atom. The Labute approximate surface area is 230 Å². The first kappa shape index (κ1) is 25.5. The van der Waals surface area contributed by atoms with E-state index in [1.807, 2.05) is 36.4 Å². The van der Waals surface area contributed by atoms with Crippen molar-refractivity contribution in [3.63, 3.8) is 0 Å². The Kier molecular flexibility index (Phi) is 7.11. The van der Waals surface area contributed by atoms with Crippen molar-refractivity contribution in [1.29, 1.82) is 0 Å². The van der Waals surface area contributed by atoms with E-state index in [2.05, 4.69) is 37.5 Å². The van der Waals surface area contributed by atoms with E-state index >= 15 is 0 Å². The molecule has 1 unspecified atom stereocenters. The minimum atomic E-state index is -0.512. The van der Waals surface area contributed by atoms with Crippen LogP contribution in [0.4, 0.5) is 0 Å². The van der Waals surface area contributed by atoms with Crippen LogP contribution in [0.5, 0.6) is 5.75 Å². The van der Waals surface area contributed by atoms with Crippen LogP contribution in [0.15, 0.2) is 82.2 Å². The van der Waals surface area contributed by atoms with E-state index in [1.54, 1.807) is 34.9 Å². The maximum absolute atomic E-state index is 13.6. The number of carbonyl (C=O) groups excluding carboxylic acids is 1. The molecule has 0 radical (unpaired) electrons. The molecule has 2 aromatic carbocycles. The van der Waals surface area contributed by atoms with Crippen LogP contribution in [0.2, 0.25) is 0 Å². The molecular weight excluding hydrogens is 510 g/mol. The molecule has 1 amide bonds. The number of carbonyl (C=O) groups is 1. The molecule has 204 valence electrons. The van der Waals surface area contributed by atoms with Gasteiger partial charge in [0.05, 0.1) is 18.9 Å². The molecule has 1 saturated heterocycles. The van der Waals surface area contributed by atoms with Crippen molar-refractivity contribution >= 4 is 16.8 Å². The van der Waals surface area contributed by atoms with Gasteiger partial charge >= 0.3 is 0 Å². The highest BCUT2D eigenvalue weighted by Crippen LogP contribution is 2.29. The van der Waals surface area contributed by atoms with Crippen molar-refractivity contribution in [3.05, 3.63) is 106 Å². The quantitative estimate of drug-likeness (QED) is 0.319. The zero-order valence-corrected chi connectivity index (χ0v) is 22.1. The molecule has 0 spiro atoms. The third-order valence-corrected chi connectivity index (χ3v) is 7.33. The molecule has 1 fully saturated rings. The number of H-pyrrole nitrogens is 1. The van der Waals surface area contributed by atoms with E-state index in [0.29, 0.717) is 61.1 Å². The number of aromatic amines is 1. The molecule has 5 aromatic rings. The van der Waals surface area contributed by atoms with E-state index in [1.165, 1.54) is 11.8 Å². The number of ether oxygens (including phenoxy) is 1. The first-order valence-corrected chi connectivity index (χ1v) is 13.2. The van der Waals surface area contributed by atoms with Gasteiger partial charge in [-0.1, -0.05) is 30.3 Å². The van der Waals surface area contributed by atoms with Crippen LogP contribution < -0.4 is 10.3 Å². The Hall–Kier alpha value is -4.77. The molecule has 3 aromatic heterocycles. The number of piperazine rings is 1. The lowest BCUT2D eigenvalue weighted by Gasteiger charge is -2.38. The van der Waals surface area contributed by atoms with Gasteiger partial charge in [-0.2, -0.15) is 0 Å². The normalized spacial score (nSPS) is 14.9. The number of hydrogen-bond acceptors (Lipinski definition) is 8. The SMILES string of the molecule is COc1ccc2cc(C(c3nnnn3CCc3ccccc3)N3CCN(C(=O)c4ccco4)CC3)c(=O)[nH]c2c1. The lowest BCUT2D eigenvalue weighted by molar-refractivity contribution is 0.0558. The number of fused-ring (bicyclic) bond motifs is 1. The second kappa shape index (κ2) is 11.1. The average molecular weight is 540 g/mol. The molecule has 0 bridgehead atoms. The van der Waals surface area contributed by atoms with Crippen LogP contribution in [0.25, 0.3) is 10.9 Å². The number of methoxy groups -OCH3 is 1. The maximum atomic E-state index is 13.6. The summed E-state index contributed by atoms with van der Waals surface area (Å²) in [6.45, 7) is 2.57. The first-order valence-electron chi connectivity index (χ1n) is 13.2. The molecule has 11 heteroatoms. The lowest BCUT2D eigenvalue weighted by Crippen LogP contribution is -2.50. The third kappa shape index (κ3) is 5.10. The number of nitrogens with zero attached hydrogens (tertiary/aromatic N) is 6. The van der Waals surface area contributed by atoms with Gasteiger partial charge in [-0.3, -0.25) is 14.5 Å². The average Bonchev–Trinajstić information content (AvgIpc) is 3.70. The molecular formula is C29H29N7O4. The number of furan rings is 1. The van der Waals surface area contributed by atoms with Crippen molar-refractivity contribution in [2.45, 2.75) is 19.0 Å². The Bertz CT molecular complexity index is 1660. The zero-order chi connectivity index (χ0) is 27.5. The number of rotatable bonds is 8. The molecule has 40 heavy (non-hydrogen) atoms. The van der Waals surface area contributed by atoms with E-state index in [-0.39, 0.29) is 11.5 Å². The van der Waals surface area contributed by atoms with Gasteiger partial charge in [0.25, 0.3) is 11.5 Å². The van der Waals surface area contributed by atoms with Gasteiger partial charge in [0.1, 0.15) is 11.8 Å². The summed E-state index contributed by atoms with van der Waals surface area (Å²) in [6.07, 6.45) is 2.24. The van der Waals surface area contributed by atoms with Crippen LogP contribution in [-0.2, 0) is 13.0 Å². The van der Waals surface area contributed by atoms with Gasteiger partial charge < -0.3 is 19.0 Å². The molecule has 0 aliphatic carbocycles. The lowest BCUT2D eigenvalue weighted by atomic mass is 10.0. The van der Waals surface area contributed by atoms with E-state index < -0.39 is 6.04 Å². The number of hydrogen-bond donors (Lipinski definition) is 1. The minimum Gasteiger partial charge on any atom is -0.497 e. The number of pyridine rings is 1. The standard InChI is InChI=1S/C29H29N7O4/c1-39-22-10-9-21-18-23(28(37)30-24(21)19-22)26(27-31-32-33-36(27)12-11-20-6-3-2-4-7-20)34-13-15-35(16-14-34)29(38)25-8-5-17-40-25/h2-10,17-19,26H,11-16H2,1H3,(H,30,37). The number of tetrazole rings is 1. The van der Waals surface area contributed by atoms with Crippen molar-refractivity contribution in [2.75, 3.05) is 33.3 Å². The maximum Gasteiger partial charge on any atom is 0.289 e. The van der Waals surface area contributed by atoms with E-state index in [4.69, 9.17) is 9.15 Å². The molecule has 0 saturated carbocycles. The van der Waals surface area contributed by atoms with Gasteiger partial charge in [-0.05, 0) is 58.1 Å². The van der Waals surface area contributed by atoms with Crippen LogP contribution in [0, 0.1) is 0 Å². The van der Waals surface area contributed by atoms with E-state index in [9.17, 15) is 9.59 Å². The molecule has 4 heterocycles. The smallest absolute Gasteiger partial charge is 0.289 e. The summed E-state index contributed by atoms with van der Waals surface area (Å²) < 4.78 is 12.4. The van der Waals surface area contributed by atoms with E-state index in [0.717, 1.165) is 11.8 Å². The zero-order valence-electron chi connectivity index (χ0n) is 22.1. The molecule has 6 rings (SSSR count). The fraction of sp³-hybridized carbons (Fsp3) is 0.276. The fourth-order valence-electron chi connectivity index (χ4n) is 5.21. The number of aryl methyl sites for hydroxylation is 2. The van der Waals surface area contributed by atoms with Crippen molar-refractivity contribution in [3.8, 4) is 5.75 Å². The highest BCUT2D eigenvalue weighted by Gasteiger charge is 2.34. The predicted octanol–water partition coefficient (Wildman–Crippen LogP) is 2.91. The molecule has 11 nitrogen and oxygen atoms in total. The second-order valence-corrected chi connectivity index (χ2v) is 9.71. The monoisotopic (exact) mass is 539 g/mol. The Morgan fingerprint density at radius 2 is 1.88 bits per heavy atom. The third-order valence-electron chi connectivity index (χ3n) is 7.33. The molecule has 1 aliphatic heterocycles. The van der Waals surface area contributed by atoms with Gasteiger partial charge in [-0.25, -0.2) is 4.68 Å². The van der Waals surface area contributed by atoms with Crippen LogP contribution in [0.3, 0.4) is 0 Å². The topological polar surface area (TPSA) is 122 Å². The largest absolute Gasteiger partial charge is 0.497 e. The van der Waals surface area contributed by atoms with Gasteiger partial charge in [-0.15, -0.1) is 5.10 Å². The molecule has 1 N–H and O–H groups in total. The van der Waals surface area contributed by atoms with Gasteiger partial charge in [0.15, 0.2) is 11.6 Å². The van der Waals surface area contributed by atoms with Gasteiger partial charge in [0, 0.05) is 44.4 Å². The summed E-state index contributed by atoms with van der Waals surface area (Å²) >= 11 is 0. The molecule has 1 aliphatic rings. The number of amides is 1. The summed E-state index contributed by atoms with van der Waals surface area (Å²) in [5.74, 6) is 1.41. The summed E-state index contributed by atoms with van der Waals surface area (Å²) in [7, 11) is 1.59. The summed E-state index contributed by atoms with van der Waals surface area (Å²) in [6, 6.07) is 20.5. The van der Waals surface area contributed by atoms with Crippen molar-refractivity contribution in [1.82, 2.24) is 35.0 Å². The molecule has 1 atom stereocenters. The van der Waals surface area contributed by atoms with Gasteiger partial charge in [0.2, 0.25) is 0 Å². The van der Waals surface area contributed by atoms with Crippen LogP contribution >= 0.6 is 0 Å². The van der Waals surface area contributed by atoms with Crippen molar-refractivity contribution in [2.24, 2.45) is 0 Å². The predicted molar refractivity (Wildman–Crippen MR) is 147 cm³/mol. The number of aromatic nitrogens is 5. The summed E-state index contributed by atoms with van der Waals surface area (Å²) in [5, 5.41) is 13.6. The number of benzene rings is 2. The van der Waals surface area contributed by atoms with Crippen molar-refractivity contribution < 1.29 is 13.9 Å². The fourth-order valence-corrected chi connectivity index (χ4v) is 5.21. The Balaban J connectivity index is 1.34. The number of nitrogens with one attached hydrogen (secondary N) is 1. The van der Waals surface area contributed by atoms with Crippen LogP contribution in [0.1, 0.15) is 33.5 Å². The summed E-state index contributed by atoms with van der Waals surface area (Å²) in [4.78, 5) is 33.4. The van der Waals surface area contributed by atoms with Crippen LogP contribution in [-0.4, -0.2) is 74.2 Å². The summed E-state index contributed by atoms with van der Waals surface area (Å²) in [5.41, 5.74) is 2.17. The Morgan fingerprint density at radius 1 is 1.05 bits per heavy atom. The highest BCUT2D eigenvalue weighted by molar-refractivity contribution is 5.91.